The van der Waals surface area contributed by atoms with E-state index in [1.165, 1.54) is 28.7 Å². The van der Waals surface area contributed by atoms with E-state index < -0.39 is 0 Å². The Morgan fingerprint density at radius 1 is 1.21 bits per heavy atom. The number of fused-ring (bicyclic) bond motifs is 3. The molecule has 1 aliphatic heterocycles. The van der Waals surface area contributed by atoms with Crippen molar-refractivity contribution in [2.24, 2.45) is 5.92 Å². The van der Waals surface area contributed by atoms with Crippen molar-refractivity contribution >= 4 is 27.4 Å². The molecule has 2 unspecified atom stereocenters. The van der Waals surface area contributed by atoms with Gasteiger partial charge < -0.3 is 10.0 Å². The lowest BCUT2D eigenvalue weighted by Gasteiger charge is -2.35. The van der Waals surface area contributed by atoms with Crippen LogP contribution < -0.4 is 4.90 Å². The van der Waals surface area contributed by atoms with Crippen LogP contribution in [0.3, 0.4) is 0 Å². The summed E-state index contributed by atoms with van der Waals surface area (Å²) in [6, 6.07) is 3.96. The van der Waals surface area contributed by atoms with Crippen LogP contribution in [0.5, 0.6) is 0 Å². The van der Waals surface area contributed by atoms with E-state index in [0.717, 1.165) is 60.8 Å². The number of rotatable bonds is 3. The highest BCUT2D eigenvalue weighted by atomic mass is 32.1. The largest absolute Gasteiger partial charge is 0.393 e. The standard InChI is InChI=1S/C22H26N4OS/c1-14(27)16-7-5-11-26(13-16)21-19-17-8-2-3-9-18(17)28-22(19)25-20(24-21)15-6-4-10-23-12-15/h4,6,10,12,14,16,27H,2-3,5,7-9,11,13H2,1H3. The molecule has 2 atom stereocenters. The van der Waals surface area contributed by atoms with Crippen molar-refractivity contribution in [3.8, 4) is 11.4 Å². The fourth-order valence-electron chi connectivity index (χ4n) is 4.59. The lowest BCUT2D eigenvalue weighted by Crippen LogP contribution is -2.40. The molecule has 0 radical (unpaired) electrons. The van der Waals surface area contributed by atoms with E-state index in [1.54, 1.807) is 6.20 Å². The zero-order chi connectivity index (χ0) is 19.1. The summed E-state index contributed by atoms with van der Waals surface area (Å²) in [5, 5.41) is 11.4. The Morgan fingerprint density at radius 3 is 2.93 bits per heavy atom. The summed E-state index contributed by atoms with van der Waals surface area (Å²) in [6.45, 7) is 3.77. The summed E-state index contributed by atoms with van der Waals surface area (Å²) in [4.78, 5) is 19.3. The number of aromatic nitrogens is 3. The van der Waals surface area contributed by atoms with Gasteiger partial charge in [-0.05, 0) is 63.1 Å². The van der Waals surface area contributed by atoms with Crippen LogP contribution in [0.25, 0.3) is 21.6 Å². The van der Waals surface area contributed by atoms with Crippen molar-refractivity contribution in [3.05, 3.63) is 35.0 Å². The van der Waals surface area contributed by atoms with Gasteiger partial charge in [0.25, 0.3) is 0 Å². The third-order valence-corrected chi connectivity index (χ3v) is 7.34. The number of anilines is 1. The molecule has 0 aromatic carbocycles. The van der Waals surface area contributed by atoms with Crippen molar-refractivity contribution in [3.63, 3.8) is 0 Å². The first kappa shape index (κ1) is 18.0. The monoisotopic (exact) mass is 394 g/mol. The van der Waals surface area contributed by atoms with Crippen LogP contribution in [0.2, 0.25) is 0 Å². The van der Waals surface area contributed by atoms with Gasteiger partial charge in [-0.15, -0.1) is 11.3 Å². The molecule has 3 aromatic heterocycles. The molecule has 0 saturated carbocycles. The Kier molecular flexibility index (Phi) is 4.77. The minimum absolute atomic E-state index is 0.283. The smallest absolute Gasteiger partial charge is 0.164 e. The third-order valence-electron chi connectivity index (χ3n) is 6.15. The molecular formula is C22H26N4OS. The predicted octanol–water partition coefficient (Wildman–Crippen LogP) is 4.23. The molecule has 6 heteroatoms. The van der Waals surface area contributed by atoms with E-state index in [2.05, 4.69) is 9.88 Å². The zero-order valence-electron chi connectivity index (χ0n) is 16.3. The summed E-state index contributed by atoms with van der Waals surface area (Å²) < 4.78 is 0. The average molecular weight is 395 g/mol. The van der Waals surface area contributed by atoms with Gasteiger partial charge in [0.15, 0.2) is 5.82 Å². The molecule has 5 rings (SSSR count). The SMILES string of the molecule is CC(O)C1CCCN(c2nc(-c3cccnc3)nc3sc4c(c23)CCCC4)C1. The second kappa shape index (κ2) is 7.41. The maximum Gasteiger partial charge on any atom is 0.164 e. The molecule has 28 heavy (non-hydrogen) atoms. The first-order chi connectivity index (χ1) is 13.7. The Labute approximate surface area is 169 Å². The van der Waals surface area contributed by atoms with E-state index in [1.807, 2.05) is 36.6 Å². The summed E-state index contributed by atoms with van der Waals surface area (Å²) in [7, 11) is 0. The van der Waals surface area contributed by atoms with Gasteiger partial charge >= 0.3 is 0 Å². The maximum atomic E-state index is 10.2. The maximum absolute atomic E-state index is 10.2. The quantitative estimate of drug-likeness (QED) is 0.720. The van der Waals surface area contributed by atoms with Gasteiger partial charge in [-0.2, -0.15) is 0 Å². The van der Waals surface area contributed by atoms with Gasteiger partial charge in [-0.1, -0.05) is 0 Å². The highest BCUT2D eigenvalue weighted by Crippen LogP contribution is 2.41. The van der Waals surface area contributed by atoms with E-state index >= 15 is 0 Å². The number of pyridine rings is 1. The molecule has 5 nitrogen and oxygen atoms in total. The molecule has 3 aromatic rings. The fraction of sp³-hybridized carbons (Fsp3) is 0.500. The van der Waals surface area contributed by atoms with E-state index in [9.17, 15) is 5.11 Å². The fourth-order valence-corrected chi connectivity index (χ4v) is 5.84. The Morgan fingerprint density at radius 2 is 2.11 bits per heavy atom. The second-order valence-corrected chi connectivity index (χ2v) is 9.18. The number of nitrogens with zero attached hydrogens (tertiary/aromatic N) is 4. The molecule has 0 amide bonds. The van der Waals surface area contributed by atoms with Crippen molar-refractivity contribution in [2.45, 2.75) is 51.6 Å². The number of hydrogen-bond acceptors (Lipinski definition) is 6. The van der Waals surface area contributed by atoms with Crippen LogP contribution in [-0.4, -0.2) is 39.3 Å². The molecule has 1 aliphatic carbocycles. The first-order valence-corrected chi connectivity index (χ1v) is 11.2. The summed E-state index contributed by atoms with van der Waals surface area (Å²) in [6.07, 6.45) is 10.3. The van der Waals surface area contributed by atoms with E-state index in [0.29, 0.717) is 5.92 Å². The van der Waals surface area contributed by atoms with Crippen molar-refractivity contribution < 1.29 is 5.11 Å². The van der Waals surface area contributed by atoms with E-state index in [4.69, 9.17) is 9.97 Å². The van der Waals surface area contributed by atoms with Gasteiger partial charge in [0.2, 0.25) is 0 Å². The summed E-state index contributed by atoms with van der Waals surface area (Å²) in [5.41, 5.74) is 2.43. The van der Waals surface area contributed by atoms with Gasteiger partial charge in [0.1, 0.15) is 10.6 Å². The lowest BCUT2D eigenvalue weighted by molar-refractivity contribution is 0.115. The normalized spacial score (nSPS) is 20.9. The number of aliphatic hydroxyl groups excluding tert-OH is 1. The van der Waals surface area contributed by atoms with Crippen LogP contribution in [0.1, 0.15) is 43.0 Å². The number of hydrogen-bond donors (Lipinski definition) is 1. The molecule has 1 fully saturated rings. The average Bonchev–Trinajstić information content (AvgIpc) is 3.12. The van der Waals surface area contributed by atoms with Crippen LogP contribution in [0, 0.1) is 5.92 Å². The van der Waals surface area contributed by atoms with Crippen LogP contribution in [0.4, 0.5) is 5.82 Å². The molecule has 0 bridgehead atoms. The topological polar surface area (TPSA) is 62.1 Å². The lowest BCUT2D eigenvalue weighted by atomic mass is 9.92. The summed E-state index contributed by atoms with van der Waals surface area (Å²) in [5.74, 6) is 2.12. The minimum atomic E-state index is -0.283. The Hall–Kier alpha value is -2.05. The van der Waals surface area contributed by atoms with Crippen molar-refractivity contribution in [1.29, 1.82) is 0 Å². The van der Waals surface area contributed by atoms with Gasteiger partial charge in [0, 0.05) is 41.8 Å². The predicted molar refractivity (Wildman–Crippen MR) is 114 cm³/mol. The van der Waals surface area contributed by atoms with Crippen LogP contribution in [0.15, 0.2) is 24.5 Å². The first-order valence-electron chi connectivity index (χ1n) is 10.4. The van der Waals surface area contributed by atoms with Gasteiger partial charge in [-0.3, -0.25) is 4.98 Å². The molecule has 1 saturated heterocycles. The number of thiophene rings is 1. The molecule has 4 heterocycles. The molecule has 146 valence electrons. The Balaban J connectivity index is 1.67. The molecule has 1 N–H and O–H groups in total. The Bertz CT molecular complexity index is 985. The molecular weight excluding hydrogens is 368 g/mol. The molecule has 2 aliphatic rings. The van der Waals surface area contributed by atoms with Crippen LogP contribution in [-0.2, 0) is 12.8 Å². The number of piperidine rings is 1. The molecule has 0 spiro atoms. The van der Waals surface area contributed by atoms with Gasteiger partial charge in [0.05, 0.1) is 11.5 Å². The van der Waals surface area contributed by atoms with Crippen molar-refractivity contribution in [1.82, 2.24) is 15.0 Å². The third kappa shape index (κ3) is 3.18. The van der Waals surface area contributed by atoms with E-state index in [-0.39, 0.29) is 6.10 Å². The number of aliphatic hydroxyl groups is 1. The highest BCUT2D eigenvalue weighted by molar-refractivity contribution is 7.19. The van der Waals surface area contributed by atoms with Crippen LogP contribution >= 0.6 is 11.3 Å². The zero-order valence-corrected chi connectivity index (χ0v) is 17.1. The second-order valence-electron chi connectivity index (χ2n) is 8.09. The highest BCUT2D eigenvalue weighted by Gasteiger charge is 2.29. The van der Waals surface area contributed by atoms with Gasteiger partial charge in [-0.25, -0.2) is 9.97 Å². The van der Waals surface area contributed by atoms with Crippen molar-refractivity contribution in [2.75, 3.05) is 18.0 Å². The minimum Gasteiger partial charge on any atom is -0.393 e. The number of aryl methyl sites for hydroxylation is 2. The summed E-state index contributed by atoms with van der Waals surface area (Å²) >= 11 is 1.85.